The molecule has 3 aromatic rings. The predicted octanol–water partition coefficient (Wildman–Crippen LogP) is 3.02. The lowest BCUT2D eigenvalue weighted by atomic mass is 10.1. The second kappa shape index (κ2) is 6.16. The minimum absolute atomic E-state index is 0.0891. The van der Waals surface area contributed by atoms with Crippen molar-refractivity contribution >= 4 is 11.6 Å². The van der Waals surface area contributed by atoms with Gasteiger partial charge < -0.3 is 4.90 Å². The van der Waals surface area contributed by atoms with Crippen LogP contribution in [0.2, 0.25) is 0 Å². The van der Waals surface area contributed by atoms with Crippen molar-refractivity contribution in [2.24, 2.45) is 0 Å². The van der Waals surface area contributed by atoms with Gasteiger partial charge in [0.05, 0.1) is 11.9 Å². The van der Waals surface area contributed by atoms with Crippen molar-refractivity contribution in [1.29, 1.82) is 0 Å². The molecule has 6 heteroatoms. The highest BCUT2D eigenvalue weighted by Gasteiger charge is 2.19. The quantitative estimate of drug-likeness (QED) is 0.744. The Morgan fingerprint density at radius 2 is 1.87 bits per heavy atom. The molecular formula is C17H17FN4O. The Morgan fingerprint density at radius 3 is 2.52 bits per heavy atom. The lowest BCUT2D eigenvalue weighted by molar-refractivity contribution is 0.0774. The van der Waals surface area contributed by atoms with Gasteiger partial charge in [0.2, 0.25) is 0 Å². The zero-order valence-electron chi connectivity index (χ0n) is 13.0. The van der Waals surface area contributed by atoms with Gasteiger partial charge in [0.15, 0.2) is 5.65 Å². The van der Waals surface area contributed by atoms with Crippen LogP contribution in [0.3, 0.4) is 0 Å². The van der Waals surface area contributed by atoms with E-state index in [1.54, 1.807) is 33.8 Å². The average Bonchev–Trinajstić information content (AvgIpc) is 3.00. The van der Waals surface area contributed by atoms with Crippen molar-refractivity contribution < 1.29 is 9.18 Å². The van der Waals surface area contributed by atoms with Crippen molar-refractivity contribution in [3.8, 4) is 11.3 Å². The fraction of sp³-hybridized carbons (Fsp3) is 0.235. The van der Waals surface area contributed by atoms with E-state index in [2.05, 4.69) is 10.1 Å². The molecule has 0 unspecified atom stereocenters. The second-order valence-corrected chi connectivity index (χ2v) is 5.11. The molecule has 0 aliphatic carbocycles. The summed E-state index contributed by atoms with van der Waals surface area (Å²) in [7, 11) is 0. The Balaban J connectivity index is 2.11. The first-order valence-corrected chi connectivity index (χ1v) is 7.53. The van der Waals surface area contributed by atoms with E-state index in [1.807, 2.05) is 13.8 Å². The minimum atomic E-state index is -0.295. The van der Waals surface area contributed by atoms with Gasteiger partial charge in [0.25, 0.3) is 5.91 Å². The molecule has 0 spiro atoms. The van der Waals surface area contributed by atoms with Crippen LogP contribution in [-0.2, 0) is 0 Å². The summed E-state index contributed by atoms with van der Waals surface area (Å²) in [5, 5.41) is 4.30. The highest BCUT2D eigenvalue weighted by atomic mass is 19.1. The number of aromatic nitrogens is 3. The number of amides is 1. The Hall–Kier alpha value is -2.76. The summed E-state index contributed by atoms with van der Waals surface area (Å²) in [4.78, 5) is 18.6. The van der Waals surface area contributed by atoms with Gasteiger partial charge in [0, 0.05) is 24.8 Å². The first-order chi connectivity index (χ1) is 11.2. The van der Waals surface area contributed by atoms with Crippen LogP contribution in [0.1, 0.15) is 24.2 Å². The van der Waals surface area contributed by atoms with Crippen molar-refractivity contribution in [1.82, 2.24) is 19.5 Å². The molecule has 0 atom stereocenters. The van der Waals surface area contributed by atoms with E-state index in [0.29, 0.717) is 24.3 Å². The fourth-order valence-electron chi connectivity index (χ4n) is 2.56. The van der Waals surface area contributed by atoms with Crippen LogP contribution in [0.25, 0.3) is 16.9 Å². The summed E-state index contributed by atoms with van der Waals surface area (Å²) >= 11 is 0. The van der Waals surface area contributed by atoms with Gasteiger partial charge in [-0.25, -0.2) is 13.9 Å². The zero-order valence-corrected chi connectivity index (χ0v) is 13.0. The molecule has 0 saturated carbocycles. The van der Waals surface area contributed by atoms with Crippen molar-refractivity contribution in [3.63, 3.8) is 0 Å². The maximum absolute atomic E-state index is 13.1. The van der Waals surface area contributed by atoms with Crippen molar-refractivity contribution in [2.75, 3.05) is 13.1 Å². The number of fused-ring (bicyclic) bond motifs is 1. The third kappa shape index (κ3) is 2.67. The van der Waals surface area contributed by atoms with E-state index in [4.69, 9.17) is 0 Å². The Bertz CT molecular complexity index is 837. The molecule has 0 saturated heterocycles. The van der Waals surface area contributed by atoms with Crippen LogP contribution in [0.5, 0.6) is 0 Å². The van der Waals surface area contributed by atoms with E-state index < -0.39 is 0 Å². The lowest BCUT2D eigenvalue weighted by Gasteiger charge is -2.17. The number of carbonyl (C=O) groups is 1. The van der Waals surface area contributed by atoms with Crippen LogP contribution >= 0.6 is 0 Å². The van der Waals surface area contributed by atoms with Crippen LogP contribution in [0, 0.1) is 5.82 Å². The maximum Gasteiger partial charge on any atom is 0.259 e. The maximum atomic E-state index is 13.1. The molecule has 0 N–H and O–H groups in total. The van der Waals surface area contributed by atoms with Gasteiger partial charge in [-0.05, 0) is 44.2 Å². The molecule has 0 bridgehead atoms. The molecule has 0 radical (unpaired) electrons. The van der Waals surface area contributed by atoms with E-state index in [9.17, 15) is 9.18 Å². The predicted molar refractivity (Wildman–Crippen MR) is 85.6 cm³/mol. The summed E-state index contributed by atoms with van der Waals surface area (Å²) < 4.78 is 14.7. The molecule has 118 valence electrons. The number of hydrogen-bond donors (Lipinski definition) is 0. The van der Waals surface area contributed by atoms with Crippen LogP contribution in [-0.4, -0.2) is 38.5 Å². The van der Waals surface area contributed by atoms with Crippen LogP contribution in [0.4, 0.5) is 4.39 Å². The third-order valence-electron chi connectivity index (χ3n) is 3.82. The van der Waals surface area contributed by atoms with Gasteiger partial charge >= 0.3 is 0 Å². The lowest BCUT2D eigenvalue weighted by Crippen LogP contribution is -2.30. The number of benzene rings is 1. The summed E-state index contributed by atoms with van der Waals surface area (Å²) in [5.74, 6) is -0.384. The first kappa shape index (κ1) is 15.1. The average molecular weight is 312 g/mol. The Labute approximate surface area is 133 Å². The fourth-order valence-corrected chi connectivity index (χ4v) is 2.56. The van der Waals surface area contributed by atoms with Gasteiger partial charge in [-0.1, -0.05) is 0 Å². The van der Waals surface area contributed by atoms with Crippen LogP contribution in [0.15, 0.2) is 42.7 Å². The Morgan fingerprint density at radius 1 is 1.17 bits per heavy atom. The highest BCUT2D eigenvalue weighted by molar-refractivity contribution is 5.99. The molecule has 2 aromatic heterocycles. The van der Waals surface area contributed by atoms with Gasteiger partial charge in [-0.3, -0.25) is 4.79 Å². The topological polar surface area (TPSA) is 50.5 Å². The van der Waals surface area contributed by atoms with Crippen molar-refractivity contribution in [3.05, 3.63) is 54.1 Å². The molecular weight excluding hydrogens is 295 g/mol. The summed E-state index contributed by atoms with van der Waals surface area (Å²) in [6.07, 6.45) is 3.17. The van der Waals surface area contributed by atoms with E-state index in [-0.39, 0.29) is 11.7 Å². The normalized spacial score (nSPS) is 10.9. The summed E-state index contributed by atoms with van der Waals surface area (Å²) in [6.45, 7) is 5.13. The molecule has 0 fully saturated rings. The van der Waals surface area contributed by atoms with Gasteiger partial charge in [-0.2, -0.15) is 5.10 Å². The van der Waals surface area contributed by atoms with E-state index in [1.165, 1.54) is 18.3 Å². The standard InChI is InChI=1S/C17H17FN4O/c1-3-21(4-2)17(23)14-11-20-22-15(9-10-19-16(14)22)12-5-7-13(18)8-6-12/h5-11H,3-4H2,1-2H3. The largest absolute Gasteiger partial charge is 0.339 e. The number of hydrogen-bond acceptors (Lipinski definition) is 3. The molecule has 0 aliphatic rings. The first-order valence-electron chi connectivity index (χ1n) is 7.53. The molecule has 23 heavy (non-hydrogen) atoms. The molecule has 2 heterocycles. The molecule has 5 nitrogen and oxygen atoms in total. The number of rotatable bonds is 4. The molecule has 1 aromatic carbocycles. The minimum Gasteiger partial charge on any atom is -0.339 e. The monoisotopic (exact) mass is 312 g/mol. The van der Waals surface area contributed by atoms with Gasteiger partial charge in [-0.15, -0.1) is 0 Å². The smallest absolute Gasteiger partial charge is 0.259 e. The number of nitrogens with zero attached hydrogens (tertiary/aromatic N) is 4. The number of halogens is 1. The van der Waals surface area contributed by atoms with Crippen molar-refractivity contribution in [2.45, 2.75) is 13.8 Å². The third-order valence-corrected chi connectivity index (χ3v) is 3.82. The second-order valence-electron chi connectivity index (χ2n) is 5.11. The Kier molecular flexibility index (Phi) is 4.06. The molecule has 0 aliphatic heterocycles. The van der Waals surface area contributed by atoms with Crippen LogP contribution < -0.4 is 0 Å². The van der Waals surface area contributed by atoms with E-state index in [0.717, 1.165) is 11.3 Å². The SMILES string of the molecule is CCN(CC)C(=O)c1cnn2c(-c3ccc(F)cc3)ccnc12. The zero-order chi connectivity index (χ0) is 16.4. The van der Waals surface area contributed by atoms with E-state index >= 15 is 0 Å². The molecule has 3 rings (SSSR count). The summed E-state index contributed by atoms with van der Waals surface area (Å²) in [6, 6.07) is 7.94. The molecule has 1 amide bonds. The highest BCUT2D eigenvalue weighted by Crippen LogP contribution is 2.21. The van der Waals surface area contributed by atoms with Gasteiger partial charge in [0.1, 0.15) is 11.4 Å². The summed E-state index contributed by atoms with van der Waals surface area (Å²) in [5.41, 5.74) is 2.54. The number of carbonyl (C=O) groups excluding carboxylic acids is 1.